The van der Waals surface area contributed by atoms with Gasteiger partial charge in [-0.05, 0) is 40.5 Å². The van der Waals surface area contributed by atoms with Crippen LogP contribution in [0.2, 0.25) is 0 Å². The number of rotatable bonds is 2. The Morgan fingerprint density at radius 3 is 2.10 bits per heavy atom. The molecule has 0 bridgehead atoms. The lowest BCUT2D eigenvalue weighted by molar-refractivity contribution is 0.00578. The average molecular weight is 288 g/mol. The largest absolute Gasteiger partial charge is 0.516 e. The predicted octanol–water partition coefficient (Wildman–Crippen LogP) is 2.82. The Hall–Kier alpha value is -0.935. The zero-order valence-electron chi connectivity index (χ0n) is 13.6. The highest BCUT2D eigenvalue weighted by atomic mass is 16.7. The molecule has 2 fully saturated rings. The lowest BCUT2D eigenvalue weighted by Gasteiger charge is -2.32. The lowest BCUT2D eigenvalue weighted by Crippen LogP contribution is -2.41. The van der Waals surface area contributed by atoms with Gasteiger partial charge < -0.3 is 9.31 Å². The van der Waals surface area contributed by atoms with E-state index < -0.39 is 7.12 Å². The maximum atomic E-state index is 6.01. The number of nitrogens with zero attached hydrogens (tertiary/aromatic N) is 2. The zero-order valence-corrected chi connectivity index (χ0v) is 13.6. The summed E-state index contributed by atoms with van der Waals surface area (Å²) in [6.07, 6.45) is 10.2. The minimum absolute atomic E-state index is 0.332. The van der Waals surface area contributed by atoms with Crippen LogP contribution in [-0.2, 0) is 9.31 Å². The van der Waals surface area contributed by atoms with E-state index in [2.05, 4.69) is 37.7 Å². The van der Waals surface area contributed by atoms with Crippen LogP contribution in [0.5, 0.6) is 0 Å². The van der Waals surface area contributed by atoms with Crippen LogP contribution in [0.3, 0.4) is 0 Å². The second-order valence-corrected chi connectivity index (χ2v) is 7.29. The van der Waals surface area contributed by atoms with Crippen molar-refractivity contribution in [2.24, 2.45) is 0 Å². The van der Waals surface area contributed by atoms with Gasteiger partial charge in [-0.3, -0.25) is 9.97 Å². The molecule has 1 aromatic heterocycles. The van der Waals surface area contributed by atoms with E-state index in [1.54, 1.807) is 0 Å². The summed E-state index contributed by atoms with van der Waals surface area (Å²) < 4.78 is 12.0. The van der Waals surface area contributed by atoms with Crippen LogP contribution < -0.4 is 5.59 Å². The highest BCUT2D eigenvalue weighted by molar-refractivity contribution is 6.61. The molecule has 1 saturated heterocycles. The summed E-state index contributed by atoms with van der Waals surface area (Å²) in [6, 6.07) is 0. The molecule has 1 aromatic rings. The van der Waals surface area contributed by atoms with E-state index in [0.717, 1.165) is 11.3 Å². The van der Waals surface area contributed by atoms with Gasteiger partial charge in [-0.15, -0.1) is 0 Å². The SMILES string of the molecule is CC1(C)OB(c2cnc(C3CCCCC3)cn2)OC1(C)C. The van der Waals surface area contributed by atoms with Gasteiger partial charge in [0.2, 0.25) is 0 Å². The first-order chi connectivity index (χ1) is 9.89. The summed E-state index contributed by atoms with van der Waals surface area (Å²) in [6.45, 7) is 8.21. The van der Waals surface area contributed by atoms with Crippen molar-refractivity contribution in [2.45, 2.75) is 76.9 Å². The second-order valence-electron chi connectivity index (χ2n) is 7.29. The van der Waals surface area contributed by atoms with E-state index in [1.165, 1.54) is 32.1 Å². The van der Waals surface area contributed by atoms with Crippen LogP contribution in [0, 0.1) is 0 Å². The molecule has 0 radical (unpaired) electrons. The number of aromatic nitrogens is 2. The van der Waals surface area contributed by atoms with Gasteiger partial charge in [-0.25, -0.2) is 0 Å². The summed E-state index contributed by atoms with van der Waals surface area (Å²) in [5.74, 6) is 0.582. The van der Waals surface area contributed by atoms with Crippen molar-refractivity contribution in [3.05, 3.63) is 18.1 Å². The molecule has 0 atom stereocenters. The molecule has 0 unspecified atom stereocenters. The molecule has 0 spiro atoms. The summed E-state index contributed by atoms with van der Waals surface area (Å²) in [5.41, 5.74) is 1.23. The topological polar surface area (TPSA) is 44.2 Å². The minimum Gasteiger partial charge on any atom is -0.398 e. The molecule has 114 valence electrons. The third-order valence-electron chi connectivity index (χ3n) is 5.21. The maximum Gasteiger partial charge on any atom is 0.516 e. The molecule has 2 heterocycles. The van der Waals surface area contributed by atoms with Gasteiger partial charge >= 0.3 is 7.12 Å². The van der Waals surface area contributed by atoms with Crippen LogP contribution in [0.25, 0.3) is 0 Å². The molecule has 0 amide bonds. The molecule has 0 aromatic carbocycles. The van der Waals surface area contributed by atoms with Gasteiger partial charge in [0.15, 0.2) is 0 Å². The minimum atomic E-state index is -0.414. The quantitative estimate of drug-likeness (QED) is 0.785. The van der Waals surface area contributed by atoms with Gasteiger partial charge in [-0.2, -0.15) is 0 Å². The van der Waals surface area contributed by atoms with Crippen molar-refractivity contribution in [3.8, 4) is 0 Å². The standard InChI is InChI=1S/C16H25BN2O2/c1-15(2)16(3,4)21-17(20-15)14-11-18-13(10-19-14)12-8-6-5-7-9-12/h10-12H,5-9H2,1-4H3. The van der Waals surface area contributed by atoms with Crippen LogP contribution >= 0.6 is 0 Å². The zero-order chi connectivity index (χ0) is 15.1. The molecule has 0 N–H and O–H groups in total. The van der Waals surface area contributed by atoms with E-state index in [0.29, 0.717) is 5.92 Å². The van der Waals surface area contributed by atoms with Crippen LogP contribution in [0.1, 0.15) is 71.4 Å². The lowest BCUT2D eigenvalue weighted by atomic mass is 9.84. The first-order valence-electron chi connectivity index (χ1n) is 8.06. The molecule has 1 aliphatic carbocycles. The van der Waals surface area contributed by atoms with Gasteiger partial charge in [0.25, 0.3) is 0 Å². The Balaban J connectivity index is 1.73. The molecule has 21 heavy (non-hydrogen) atoms. The summed E-state index contributed by atoms with van der Waals surface area (Å²) in [4.78, 5) is 9.17. The normalized spacial score (nSPS) is 25.2. The molecule has 1 aliphatic heterocycles. The van der Waals surface area contributed by atoms with Gasteiger partial charge in [0, 0.05) is 18.3 Å². The van der Waals surface area contributed by atoms with Gasteiger partial charge in [0.05, 0.1) is 22.5 Å². The van der Waals surface area contributed by atoms with Crippen LogP contribution in [0.15, 0.2) is 12.4 Å². The van der Waals surface area contributed by atoms with Crippen molar-refractivity contribution >= 4 is 12.7 Å². The first kappa shape index (κ1) is 15.0. The predicted molar refractivity (Wildman–Crippen MR) is 83.6 cm³/mol. The molecule has 5 heteroatoms. The van der Waals surface area contributed by atoms with Crippen LogP contribution in [-0.4, -0.2) is 28.3 Å². The second kappa shape index (κ2) is 5.36. The molecular formula is C16H25BN2O2. The Kier molecular flexibility index (Phi) is 3.82. The van der Waals surface area contributed by atoms with E-state index in [4.69, 9.17) is 9.31 Å². The molecular weight excluding hydrogens is 263 g/mol. The fraction of sp³-hybridized carbons (Fsp3) is 0.750. The smallest absolute Gasteiger partial charge is 0.398 e. The monoisotopic (exact) mass is 288 g/mol. The van der Waals surface area contributed by atoms with Gasteiger partial charge in [-0.1, -0.05) is 19.3 Å². The van der Waals surface area contributed by atoms with Crippen molar-refractivity contribution in [1.82, 2.24) is 9.97 Å². The number of hydrogen-bond acceptors (Lipinski definition) is 4. The fourth-order valence-corrected chi connectivity index (χ4v) is 3.04. The van der Waals surface area contributed by atoms with Crippen molar-refractivity contribution in [3.63, 3.8) is 0 Å². The van der Waals surface area contributed by atoms with Crippen molar-refractivity contribution in [2.75, 3.05) is 0 Å². The summed E-state index contributed by atoms with van der Waals surface area (Å²) in [5, 5.41) is 0. The molecule has 3 rings (SSSR count). The molecule has 2 aliphatic rings. The van der Waals surface area contributed by atoms with Crippen molar-refractivity contribution < 1.29 is 9.31 Å². The molecule has 1 saturated carbocycles. The maximum absolute atomic E-state index is 6.01. The first-order valence-corrected chi connectivity index (χ1v) is 8.06. The highest BCUT2D eigenvalue weighted by Gasteiger charge is 2.52. The molecule has 4 nitrogen and oxygen atoms in total. The summed E-state index contributed by atoms with van der Waals surface area (Å²) in [7, 11) is -0.414. The Morgan fingerprint density at radius 2 is 1.57 bits per heavy atom. The van der Waals surface area contributed by atoms with Crippen molar-refractivity contribution in [1.29, 1.82) is 0 Å². The highest BCUT2D eigenvalue weighted by Crippen LogP contribution is 2.36. The van der Waals surface area contributed by atoms with Crippen LogP contribution in [0.4, 0.5) is 0 Å². The van der Waals surface area contributed by atoms with E-state index in [-0.39, 0.29) is 11.2 Å². The summed E-state index contributed by atoms with van der Waals surface area (Å²) >= 11 is 0. The number of hydrogen-bond donors (Lipinski definition) is 0. The average Bonchev–Trinajstić information content (AvgIpc) is 2.69. The Bertz CT molecular complexity index is 480. The third kappa shape index (κ3) is 2.86. The third-order valence-corrected chi connectivity index (χ3v) is 5.21. The van der Waals surface area contributed by atoms with E-state index >= 15 is 0 Å². The Morgan fingerprint density at radius 1 is 0.952 bits per heavy atom. The van der Waals surface area contributed by atoms with E-state index in [1.807, 2.05) is 12.4 Å². The Labute approximate surface area is 127 Å². The van der Waals surface area contributed by atoms with Gasteiger partial charge in [0.1, 0.15) is 0 Å². The van der Waals surface area contributed by atoms with E-state index in [9.17, 15) is 0 Å². The fourth-order valence-electron chi connectivity index (χ4n) is 3.04.